The number of benzene rings is 2. The molecule has 0 bridgehead atoms. The van der Waals surface area contributed by atoms with E-state index in [1.165, 1.54) is 0 Å². The topological polar surface area (TPSA) is 66.4 Å². The van der Waals surface area contributed by atoms with E-state index >= 15 is 0 Å². The van der Waals surface area contributed by atoms with Gasteiger partial charge < -0.3 is 10.4 Å². The minimum Gasteiger partial charge on any atom is -0.391 e. The van der Waals surface area contributed by atoms with Crippen LogP contribution in [0.4, 0.5) is 8.78 Å². The Morgan fingerprint density at radius 2 is 1.87 bits per heavy atom. The molecule has 4 nitrogen and oxygen atoms in total. The van der Waals surface area contributed by atoms with Gasteiger partial charge in [0, 0.05) is 41.3 Å². The molecule has 0 aliphatic carbocycles. The minimum atomic E-state index is -1.05. The van der Waals surface area contributed by atoms with Gasteiger partial charge in [-0.25, -0.2) is 8.78 Å². The van der Waals surface area contributed by atoms with Crippen molar-refractivity contribution < 1.29 is 22.9 Å². The Bertz CT molecular complexity index is 951. The number of halogens is 2. The number of ketones is 1. The molecule has 1 aliphatic rings. The number of nitrogens with one attached hydrogen (secondary N) is 1. The number of hydrogen-bond acceptors (Lipinski definition) is 4. The monoisotopic (exact) mass is 435 g/mol. The van der Waals surface area contributed by atoms with E-state index in [9.17, 15) is 22.9 Å². The maximum atomic E-state index is 13.3. The summed E-state index contributed by atoms with van der Waals surface area (Å²) in [7, 11) is -1.05. The van der Waals surface area contributed by atoms with Crippen LogP contribution in [0.5, 0.6) is 0 Å². The van der Waals surface area contributed by atoms with Gasteiger partial charge in [-0.15, -0.1) is 0 Å². The molecule has 0 saturated carbocycles. The van der Waals surface area contributed by atoms with E-state index in [1.807, 2.05) is 12.1 Å². The van der Waals surface area contributed by atoms with Gasteiger partial charge in [0.25, 0.3) is 0 Å². The Hall–Kier alpha value is -1.96. The Morgan fingerprint density at radius 3 is 2.50 bits per heavy atom. The van der Waals surface area contributed by atoms with Crippen molar-refractivity contribution in [2.75, 3.05) is 12.3 Å². The lowest BCUT2D eigenvalue weighted by Crippen LogP contribution is -2.35. The quantitative estimate of drug-likeness (QED) is 0.672. The maximum Gasteiger partial charge on any atom is 0.165 e. The van der Waals surface area contributed by atoms with Gasteiger partial charge in [-0.05, 0) is 41.2 Å². The van der Waals surface area contributed by atoms with E-state index in [0.29, 0.717) is 18.2 Å². The van der Waals surface area contributed by atoms with Crippen LogP contribution < -0.4 is 5.32 Å². The van der Waals surface area contributed by atoms with Crippen molar-refractivity contribution in [2.45, 2.75) is 56.1 Å². The van der Waals surface area contributed by atoms with Crippen LogP contribution in [-0.4, -0.2) is 33.5 Å². The molecule has 0 amide bonds. The Labute approximate surface area is 178 Å². The van der Waals surface area contributed by atoms with Crippen molar-refractivity contribution in [1.29, 1.82) is 0 Å². The van der Waals surface area contributed by atoms with Crippen LogP contribution in [0.1, 0.15) is 61.1 Å². The SMILES string of the molecule is CC(C)(C)c1ccc2c(c1)C(NCC(O)CC(=O)c1cc(F)cc(F)c1)CCS2=O. The first-order valence-electron chi connectivity index (χ1n) is 9.98. The highest BCUT2D eigenvalue weighted by Crippen LogP contribution is 2.34. The van der Waals surface area contributed by atoms with Gasteiger partial charge in [0.1, 0.15) is 11.6 Å². The highest BCUT2D eigenvalue weighted by molar-refractivity contribution is 7.85. The molecule has 2 N–H and O–H groups in total. The molecule has 0 saturated heterocycles. The van der Waals surface area contributed by atoms with E-state index in [1.54, 1.807) is 0 Å². The Morgan fingerprint density at radius 1 is 1.20 bits per heavy atom. The molecule has 0 aromatic heterocycles. The molecule has 3 unspecified atom stereocenters. The number of rotatable bonds is 6. The summed E-state index contributed by atoms with van der Waals surface area (Å²) in [6.45, 7) is 6.48. The van der Waals surface area contributed by atoms with E-state index < -0.39 is 34.3 Å². The van der Waals surface area contributed by atoms with Crippen molar-refractivity contribution in [3.05, 3.63) is 64.7 Å². The van der Waals surface area contributed by atoms with Crippen LogP contribution in [-0.2, 0) is 16.2 Å². The third kappa shape index (κ3) is 5.39. The number of carbonyl (C=O) groups excluding carboxylic acids is 1. The van der Waals surface area contributed by atoms with Crippen molar-refractivity contribution in [3.63, 3.8) is 0 Å². The molecule has 1 heterocycles. The molecule has 3 rings (SSSR count). The van der Waals surface area contributed by atoms with Gasteiger partial charge in [-0.3, -0.25) is 9.00 Å². The third-order valence-corrected chi connectivity index (χ3v) is 6.76. The number of carbonyl (C=O) groups is 1. The van der Waals surface area contributed by atoms with E-state index in [4.69, 9.17) is 0 Å². The number of hydrogen-bond donors (Lipinski definition) is 2. The third-order valence-electron chi connectivity index (χ3n) is 5.29. The maximum absolute atomic E-state index is 13.3. The molecule has 0 radical (unpaired) electrons. The van der Waals surface area contributed by atoms with Gasteiger partial charge in [0.15, 0.2) is 5.78 Å². The van der Waals surface area contributed by atoms with Crippen LogP contribution in [0.2, 0.25) is 0 Å². The molecule has 162 valence electrons. The largest absolute Gasteiger partial charge is 0.391 e. The lowest BCUT2D eigenvalue weighted by molar-refractivity contribution is 0.0873. The molecule has 2 aromatic carbocycles. The zero-order valence-corrected chi connectivity index (χ0v) is 18.2. The van der Waals surface area contributed by atoms with Gasteiger partial charge >= 0.3 is 0 Å². The Kier molecular flexibility index (Phi) is 6.84. The summed E-state index contributed by atoms with van der Waals surface area (Å²) in [6.07, 6.45) is -0.600. The molecular formula is C23H27F2NO3S. The van der Waals surface area contributed by atoms with Gasteiger partial charge in [-0.2, -0.15) is 0 Å². The minimum absolute atomic E-state index is 0.0509. The molecule has 7 heteroatoms. The zero-order valence-electron chi connectivity index (χ0n) is 17.4. The van der Waals surface area contributed by atoms with Gasteiger partial charge in [0.05, 0.1) is 16.9 Å². The van der Waals surface area contributed by atoms with Gasteiger partial charge in [0.2, 0.25) is 0 Å². The van der Waals surface area contributed by atoms with Crippen molar-refractivity contribution in [3.8, 4) is 0 Å². The average Bonchev–Trinajstić information content (AvgIpc) is 2.65. The highest BCUT2D eigenvalue weighted by atomic mass is 32.2. The number of aliphatic hydroxyl groups excluding tert-OH is 1. The van der Waals surface area contributed by atoms with Crippen LogP contribution in [0.25, 0.3) is 0 Å². The highest BCUT2D eigenvalue weighted by Gasteiger charge is 2.27. The van der Waals surface area contributed by atoms with Crippen LogP contribution in [0, 0.1) is 11.6 Å². The Balaban J connectivity index is 1.68. The smallest absolute Gasteiger partial charge is 0.165 e. The van der Waals surface area contributed by atoms with E-state index in [2.05, 4.69) is 32.2 Å². The van der Waals surface area contributed by atoms with Crippen molar-refractivity contribution >= 4 is 16.6 Å². The predicted molar refractivity (Wildman–Crippen MR) is 113 cm³/mol. The summed E-state index contributed by atoms with van der Waals surface area (Å²) in [5.74, 6) is -1.65. The fourth-order valence-corrected chi connectivity index (χ4v) is 4.95. The summed E-state index contributed by atoms with van der Waals surface area (Å²) in [5, 5.41) is 13.6. The van der Waals surface area contributed by atoms with Crippen LogP contribution >= 0.6 is 0 Å². The summed E-state index contributed by atoms with van der Waals surface area (Å²) in [4.78, 5) is 13.0. The number of Topliss-reactive ketones (excluding diaryl/α,β-unsaturated/α-hetero) is 1. The lowest BCUT2D eigenvalue weighted by atomic mass is 9.85. The fourth-order valence-electron chi connectivity index (χ4n) is 3.59. The molecule has 1 aliphatic heterocycles. The molecular weight excluding hydrogens is 408 g/mol. The van der Waals surface area contributed by atoms with Crippen LogP contribution in [0.15, 0.2) is 41.3 Å². The number of aliphatic hydroxyl groups is 1. The molecule has 3 atom stereocenters. The number of fused-ring (bicyclic) bond motifs is 1. The summed E-state index contributed by atoms with van der Waals surface area (Å²) in [5.41, 5.74) is 1.94. The first-order valence-corrected chi connectivity index (χ1v) is 11.3. The van der Waals surface area contributed by atoms with Crippen LogP contribution in [0.3, 0.4) is 0 Å². The second kappa shape index (κ2) is 9.04. The molecule has 30 heavy (non-hydrogen) atoms. The molecule has 0 spiro atoms. The van der Waals surface area contributed by atoms with Crippen molar-refractivity contribution in [1.82, 2.24) is 5.32 Å². The first kappa shape index (κ1) is 22.7. The predicted octanol–water partition coefficient (Wildman–Crippen LogP) is 4.04. The normalized spacial score (nSPS) is 19.9. The molecule has 2 aromatic rings. The second-order valence-corrected chi connectivity index (χ2v) is 10.3. The second-order valence-electron chi connectivity index (χ2n) is 8.74. The van der Waals surface area contributed by atoms with Gasteiger partial charge in [-0.1, -0.05) is 32.9 Å². The molecule has 0 fully saturated rings. The lowest BCUT2D eigenvalue weighted by Gasteiger charge is -2.29. The fraction of sp³-hybridized carbons (Fsp3) is 0.435. The summed E-state index contributed by atoms with van der Waals surface area (Å²) in [6, 6.07) is 8.53. The summed E-state index contributed by atoms with van der Waals surface area (Å²) >= 11 is 0. The van der Waals surface area contributed by atoms with E-state index in [0.717, 1.165) is 28.2 Å². The standard InChI is InChI=1S/C23H27F2NO3S/c1-23(2,3)15-4-5-22-19(10-15)20(6-7-30(22)29)26-13-18(27)12-21(28)14-8-16(24)11-17(25)9-14/h4-5,8-11,18,20,26-27H,6-7,12-13H2,1-3H3. The van der Waals surface area contributed by atoms with Crippen molar-refractivity contribution in [2.24, 2.45) is 0 Å². The van der Waals surface area contributed by atoms with E-state index in [-0.39, 0.29) is 30.0 Å². The summed E-state index contributed by atoms with van der Waals surface area (Å²) < 4.78 is 39.0. The zero-order chi connectivity index (χ0) is 22.1. The first-order chi connectivity index (χ1) is 14.0. The average molecular weight is 436 g/mol.